The highest BCUT2D eigenvalue weighted by Gasteiger charge is 2.20. The number of carbonyl (C=O) groups is 1. The van der Waals surface area contributed by atoms with Crippen LogP contribution in [0.1, 0.15) is 21.7 Å². The van der Waals surface area contributed by atoms with Gasteiger partial charge in [-0.2, -0.15) is 0 Å². The summed E-state index contributed by atoms with van der Waals surface area (Å²) < 4.78 is 37.7. The first kappa shape index (κ1) is 21.6. The molecule has 0 spiro atoms. The van der Waals surface area contributed by atoms with E-state index < -0.39 is 15.9 Å². The molecule has 0 atom stereocenters. The molecule has 2 aromatic heterocycles. The van der Waals surface area contributed by atoms with E-state index >= 15 is 0 Å². The largest absolute Gasteiger partial charge is 0.355 e. The van der Waals surface area contributed by atoms with Gasteiger partial charge in [0.1, 0.15) is 0 Å². The molecule has 0 radical (unpaired) electrons. The fourth-order valence-electron chi connectivity index (χ4n) is 2.74. The Morgan fingerprint density at radius 3 is 2.28 bits per heavy atom. The normalized spacial score (nSPS) is 11.3. The monoisotopic (exact) mass is 472 g/mol. The first-order valence-electron chi connectivity index (χ1n) is 9.33. The number of benzene rings is 2. The molecule has 0 unspecified atom stereocenters. The number of hydrogen-bond acceptors (Lipinski definition) is 7. The minimum atomic E-state index is -3.88. The number of nitrogens with one attached hydrogen (secondary N) is 2. The highest BCUT2D eigenvalue weighted by Crippen LogP contribution is 2.24. The van der Waals surface area contributed by atoms with Gasteiger partial charge >= 0.3 is 0 Å². The summed E-state index contributed by atoms with van der Waals surface area (Å²) in [5.74, 6) is -0.0323. The van der Waals surface area contributed by atoms with Crippen LogP contribution in [-0.4, -0.2) is 24.6 Å². The Morgan fingerprint density at radius 1 is 0.969 bits per heavy atom. The van der Waals surface area contributed by atoms with Crippen LogP contribution in [0.25, 0.3) is 11.3 Å². The molecule has 32 heavy (non-hydrogen) atoms. The molecule has 0 saturated heterocycles. The summed E-state index contributed by atoms with van der Waals surface area (Å²) in [7, 11) is -3.88. The third-order valence-corrected chi connectivity index (χ3v) is 6.28. The molecule has 0 fully saturated rings. The van der Waals surface area contributed by atoms with E-state index in [0.29, 0.717) is 27.7 Å². The summed E-state index contributed by atoms with van der Waals surface area (Å²) in [6.07, 6.45) is 0. The lowest BCUT2D eigenvalue weighted by Gasteiger charge is -2.07. The second kappa shape index (κ2) is 8.48. The second-order valence-corrected chi connectivity index (χ2v) is 9.01. The number of sulfonamides is 1. The Bertz CT molecular complexity index is 1380. The summed E-state index contributed by atoms with van der Waals surface area (Å²) in [5.41, 5.74) is 2.37. The van der Waals surface area contributed by atoms with Gasteiger partial charge in [-0.05, 0) is 62.4 Å². The molecule has 9 nitrogen and oxygen atoms in total. The van der Waals surface area contributed by atoms with Gasteiger partial charge in [0.15, 0.2) is 11.5 Å². The van der Waals surface area contributed by atoms with Crippen molar-refractivity contribution < 1.29 is 22.3 Å². The van der Waals surface area contributed by atoms with E-state index in [4.69, 9.17) is 20.6 Å². The van der Waals surface area contributed by atoms with Gasteiger partial charge in [0.05, 0.1) is 10.6 Å². The number of rotatable bonds is 6. The van der Waals surface area contributed by atoms with Crippen molar-refractivity contribution >= 4 is 39.1 Å². The molecule has 11 heteroatoms. The second-order valence-electron chi connectivity index (χ2n) is 6.89. The highest BCUT2D eigenvalue weighted by molar-refractivity contribution is 7.92. The maximum atomic E-state index is 12.6. The molecule has 0 aliphatic heterocycles. The molecule has 0 bridgehead atoms. The number of nitrogens with zero attached hydrogens (tertiary/aromatic N) is 2. The zero-order valence-corrected chi connectivity index (χ0v) is 18.5. The van der Waals surface area contributed by atoms with Crippen molar-refractivity contribution in [2.24, 2.45) is 0 Å². The molecule has 4 aromatic rings. The predicted molar refractivity (Wildman–Crippen MR) is 118 cm³/mol. The van der Waals surface area contributed by atoms with E-state index in [2.05, 4.69) is 20.4 Å². The Kier molecular flexibility index (Phi) is 5.72. The fourth-order valence-corrected chi connectivity index (χ4v) is 3.91. The van der Waals surface area contributed by atoms with Crippen LogP contribution in [0, 0.1) is 13.8 Å². The number of aryl methyl sites for hydroxylation is 1. The quantitative estimate of drug-likeness (QED) is 0.418. The number of anilines is 2. The van der Waals surface area contributed by atoms with Gasteiger partial charge in [-0.3, -0.25) is 4.79 Å². The van der Waals surface area contributed by atoms with Crippen LogP contribution in [0.2, 0.25) is 5.02 Å². The van der Waals surface area contributed by atoms with E-state index in [9.17, 15) is 13.2 Å². The van der Waals surface area contributed by atoms with Gasteiger partial charge in [0.25, 0.3) is 15.9 Å². The Labute approximate surface area is 188 Å². The van der Waals surface area contributed by atoms with Crippen molar-refractivity contribution in [1.82, 2.24) is 10.3 Å². The lowest BCUT2D eigenvalue weighted by Crippen LogP contribution is -2.14. The van der Waals surface area contributed by atoms with Gasteiger partial charge in [-0.15, -0.1) is 0 Å². The molecule has 2 N–H and O–H groups in total. The Balaban J connectivity index is 1.45. The maximum absolute atomic E-state index is 12.6. The van der Waals surface area contributed by atoms with Crippen LogP contribution in [-0.2, 0) is 10.0 Å². The molecule has 1 amide bonds. The molecule has 2 heterocycles. The maximum Gasteiger partial charge on any atom is 0.277 e. The van der Waals surface area contributed by atoms with Crippen molar-refractivity contribution in [3.05, 3.63) is 76.6 Å². The number of hydrogen-bond donors (Lipinski definition) is 2. The molecule has 0 aliphatic rings. The van der Waals surface area contributed by atoms with Crippen LogP contribution in [0.5, 0.6) is 0 Å². The van der Waals surface area contributed by atoms with Crippen molar-refractivity contribution in [2.45, 2.75) is 18.7 Å². The van der Waals surface area contributed by atoms with Crippen molar-refractivity contribution in [1.29, 1.82) is 0 Å². The van der Waals surface area contributed by atoms with Crippen molar-refractivity contribution in [2.75, 3.05) is 10.0 Å². The highest BCUT2D eigenvalue weighted by atomic mass is 35.5. The summed E-state index contributed by atoms with van der Waals surface area (Å²) in [5, 5.41) is 10.7. The summed E-state index contributed by atoms with van der Waals surface area (Å²) in [6.45, 7) is 3.41. The topological polar surface area (TPSA) is 127 Å². The minimum absolute atomic E-state index is 0.00425. The van der Waals surface area contributed by atoms with Crippen LogP contribution in [0.4, 0.5) is 11.6 Å². The average molecular weight is 473 g/mol. The number of amides is 1. The predicted octanol–water partition coefficient (Wildman–Crippen LogP) is 4.65. The Hall–Kier alpha value is -3.63. The number of halogens is 1. The van der Waals surface area contributed by atoms with E-state index in [1.54, 1.807) is 38.1 Å². The summed E-state index contributed by atoms with van der Waals surface area (Å²) >= 11 is 5.87. The smallest absolute Gasteiger partial charge is 0.277 e. The molecule has 2 aromatic carbocycles. The SMILES string of the molecule is Cc1noc(NS(=O)(=O)c2ccc(NC(=O)c3cc(-c4ccc(Cl)cc4)on3)cc2)c1C. The lowest BCUT2D eigenvalue weighted by molar-refractivity contribution is 0.101. The number of carbonyl (C=O) groups excluding carboxylic acids is 1. The standard InChI is InChI=1S/C21H17ClN4O5S/c1-12-13(2)24-31-21(12)26-32(28,29)17-9-7-16(8-10-17)23-20(27)18-11-19(30-25-18)14-3-5-15(22)6-4-14/h3-11,26H,1-2H3,(H,23,27). The van der Waals surface area contributed by atoms with Crippen LogP contribution in [0.3, 0.4) is 0 Å². The molecular weight excluding hydrogens is 456 g/mol. The Morgan fingerprint density at radius 2 is 1.66 bits per heavy atom. The molecule has 164 valence electrons. The number of aromatic nitrogens is 2. The van der Waals surface area contributed by atoms with Gasteiger partial charge in [-0.1, -0.05) is 21.9 Å². The van der Waals surface area contributed by atoms with Crippen molar-refractivity contribution in [3.8, 4) is 11.3 Å². The van der Waals surface area contributed by atoms with Gasteiger partial charge in [-0.25, -0.2) is 13.1 Å². The van der Waals surface area contributed by atoms with Crippen LogP contribution < -0.4 is 10.0 Å². The lowest BCUT2D eigenvalue weighted by atomic mass is 10.1. The summed E-state index contributed by atoms with van der Waals surface area (Å²) in [6, 6.07) is 14.1. The molecule has 0 aliphatic carbocycles. The molecular formula is C21H17ClN4O5S. The molecule has 0 saturated carbocycles. The minimum Gasteiger partial charge on any atom is -0.355 e. The summed E-state index contributed by atoms with van der Waals surface area (Å²) in [4.78, 5) is 12.5. The zero-order valence-electron chi connectivity index (χ0n) is 16.9. The van der Waals surface area contributed by atoms with E-state index in [1.807, 2.05) is 0 Å². The molecule has 4 rings (SSSR count). The fraction of sp³-hybridized carbons (Fsp3) is 0.0952. The van der Waals surface area contributed by atoms with Gasteiger partial charge in [0.2, 0.25) is 5.88 Å². The van der Waals surface area contributed by atoms with Gasteiger partial charge in [0, 0.05) is 27.9 Å². The van der Waals surface area contributed by atoms with E-state index in [-0.39, 0.29) is 16.5 Å². The van der Waals surface area contributed by atoms with E-state index in [1.165, 1.54) is 30.3 Å². The van der Waals surface area contributed by atoms with Crippen molar-refractivity contribution in [3.63, 3.8) is 0 Å². The first-order valence-corrected chi connectivity index (χ1v) is 11.2. The zero-order chi connectivity index (χ0) is 22.9. The first-order chi connectivity index (χ1) is 15.2. The van der Waals surface area contributed by atoms with Crippen LogP contribution >= 0.6 is 11.6 Å². The van der Waals surface area contributed by atoms with E-state index in [0.717, 1.165) is 5.56 Å². The third kappa shape index (κ3) is 4.51. The van der Waals surface area contributed by atoms with Crippen LogP contribution in [0.15, 0.2) is 68.5 Å². The average Bonchev–Trinajstić information content (AvgIpc) is 3.38. The van der Waals surface area contributed by atoms with Gasteiger partial charge < -0.3 is 14.4 Å². The third-order valence-electron chi connectivity index (χ3n) is 4.68.